The summed E-state index contributed by atoms with van der Waals surface area (Å²) in [7, 11) is 0. The lowest BCUT2D eigenvalue weighted by Gasteiger charge is -2.14. The van der Waals surface area contributed by atoms with Crippen molar-refractivity contribution in [1.82, 2.24) is 19.5 Å². The van der Waals surface area contributed by atoms with Crippen LogP contribution in [0.3, 0.4) is 0 Å². The zero-order valence-electron chi connectivity index (χ0n) is 29.3. The van der Waals surface area contributed by atoms with Crippen LogP contribution in [-0.4, -0.2) is 19.5 Å². The maximum atomic E-state index is 6.49. The second-order valence-electron chi connectivity index (χ2n) is 14.0. The molecule has 0 aliphatic carbocycles. The van der Waals surface area contributed by atoms with E-state index in [1.807, 2.05) is 42.5 Å². The molecule has 6 heteroatoms. The summed E-state index contributed by atoms with van der Waals surface area (Å²) in [4.78, 5) is 15.6. The Morgan fingerprint density at radius 1 is 0.455 bits per heavy atom. The van der Waals surface area contributed by atoms with Crippen LogP contribution in [0.1, 0.15) is 0 Å². The minimum atomic E-state index is 0.570. The van der Waals surface area contributed by atoms with Gasteiger partial charge < -0.3 is 8.98 Å². The standard InChI is InChI=1S/C49H28N4OS/c1-2-13-29(14-3-1)47-50-48(36-21-12-20-34-33-18-7-10-23-42(33)54-45(34)36)52-49(51-47)37-25-26-40(44-35-19-8-11-24-43(35)55-46(37)44)53-39-22-9-6-17-32(39)38-27-30-15-4-5-16-31(30)28-41(38)53/h1-28H. The second-order valence-corrected chi connectivity index (χ2v) is 15.0. The molecule has 0 aliphatic rings. The van der Waals surface area contributed by atoms with Crippen LogP contribution >= 0.6 is 11.3 Å². The number of aromatic nitrogens is 4. The van der Waals surface area contributed by atoms with Gasteiger partial charge in [0.1, 0.15) is 11.2 Å². The van der Waals surface area contributed by atoms with Crippen LogP contribution in [0.4, 0.5) is 0 Å². The molecule has 55 heavy (non-hydrogen) atoms. The third-order valence-electron chi connectivity index (χ3n) is 10.8. The number of nitrogens with zero attached hydrogens (tertiary/aromatic N) is 4. The molecule has 8 aromatic carbocycles. The lowest BCUT2D eigenvalue weighted by Crippen LogP contribution is -2.01. The summed E-state index contributed by atoms with van der Waals surface area (Å²) in [5.41, 5.74) is 7.79. The van der Waals surface area contributed by atoms with Crippen LogP contribution in [0.5, 0.6) is 0 Å². The van der Waals surface area contributed by atoms with Crippen molar-refractivity contribution in [3.63, 3.8) is 0 Å². The van der Waals surface area contributed by atoms with Crippen LogP contribution in [0.2, 0.25) is 0 Å². The van der Waals surface area contributed by atoms with Gasteiger partial charge in [-0.3, -0.25) is 0 Å². The molecule has 5 nitrogen and oxygen atoms in total. The summed E-state index contributed by atoms with van der Waals surface area (Å²) in [5, 5.41) is 9.40. The number of thiophene rings is 1. The summed E-state index contributed by atoms with van der Waals surface area (Å²) in [6.45, 7) is 0. The van der Waals surface area contributed by atoms with Gasteiger partial charge in [-0.25, -0.2) is 15.0 Å². The molecule has 256 valence electrons. The molecule has 4 heterocycles. The van der Waals surface area contributed by atoms with E-state index in [-0.39, 0.29) is 0 Å². The lowest BCUT2D eigenvalue weighted by atomic mass is 10.0. The highest BCUT2D eigenvalue weighted by molar-refractivity contribution is 7.26. The van der Waals surface area contributed by atoms with Gasteiger partial charge in [0.05, 0.1) is 22.3 Å². The van der Waals surface area contributed by atoms with E-state index in [9.17, 15) is 0 Å². The van der Waals surface area contributed by atoms with Crippen molar-refractivity contribution < 1.29 is 4.42 Å². The van der Waals surface area contributed by atoms with Gasteiger partial charge in [-0.1, -0.05) is 121 Å². The lowest BCUT2D eigenvalue weighted by molar-refractivity contribution is 0.669. The first-order valence-electron chi connectivity index (χ1n) is 18.4. The van der Waals surface area contributed by atoms with Crippen LogP contribution in [0.15, 0.2) is 174 Å². The number of benzene rings is 8. The fourth-order valence-corrected chi connectivity index (χ4v) is 9.58. The molecule has 4 aromatic heterocycles. The predicted octanol–water partition coefficient (Wildman–Crippen LogP) is 13.4. The normalized spacial score (nSPS) is 12.0. The van der Waals surface area contributed by atoms with Gasteiger partial charge in [-0.15, -0.1) is 11.3 Å². The summed E-state index contributed by atoms with van der Waals surface area (Å²) in [5.74, 6) is 1.80. The van der Waals surface area contributed by atoms with E-state index in [4.69, 9.17) is 19.4 Å². The molecular weight excluding hydrogens is 693 g/mol. The second kappa shape index (κ2) is 11.7. The van der Waals surface area contributed by atoms with Crippen molar-refractivity contribution in [1.29, 1.82) is 0 Å². The van der Waals surface area contributed by atoms with Crippen LogP contribution in [-0.2, 0) is 0 Å². The highest BCUT2D eigenvalue weighted by Crippen LogP contribution is 2.45. The molecule has 0 spiro atoms. The molecule has 12 aromatic rings. The molecule has 0 saturated carbocycles. The molecule has 0 atom stereocenters. The smallest absolute Gasteiger partial charge is 0.167 e. The number of rotatable bonds is 4. The number of hydrogen-bond acceptors (Lipinski definition) is 5. The van der Waals surface area contributed by atoms with Gasteiger partial charge in [0.15, 0.2) is 17.5 Å². The Kier molecular flexibility index (Phi) is 6.44. The predicted molar refractivity (Wildman–Crippen MR) is 228 cm³/mol. The van der Waals surface area contributed by atoms with E-state index in [1.54, 1.807) is 11.3 Å². The Morgan fingerprint density at radius 2 is 1.13 bits per heavy atom. The van der Waals surface area contributed by atoms with Crippen molar-refractivity contribution >= 4 is 86.0 Å². The first-order chi connectivity index (χ1) is 27.3. The van der Waals surface area contributed by atoms with Gasteiger partial charge in [-0.05, 0) is 59.3 Å². The van der Waals surface area contributed by atoms with Crippen LogP contribution in [0, 0.1) is 0 Å². The third-order valence-corrected chi connectivity index (χ3v) is 12.0. The van der Waals surface area contributed by atoms with Crippen molar-refractivity contribution in [2.24, 2.45) is 0 Å². The number of hydrogen-bond donors (Lipinski definition) is 0. The highest BCUT2D eigenvalue weighted by atomic mass is 32.1. The topological polar surface area (TPSA) is 56.7 Å². The minimum absolute atomic E-state index is 0.570. The summed E-state index contributed by atoms with van der Waals surface area (Å²) in [6, 6.07) is 59.7. The molecular formula is C49H28N4OS. The molecule has 0 saturated heterocycles. The van der Waals surface area contributed by atoms with Crippen molar-refractivity contribution in [3.05, 3.63) is 170 Å². The van der Waals surface area contributed by atoms with E-state index in [0.717, 1.165) is 49.0 Å². The zero-order chi connectivity index (χ0) is 36.0. The van der Waals surface area contributed by atoms with E-state index in [0.29, 0.717) is 17.5 Å². The Labute approximate surface area is 318 Å². The Hall–Kier alpha value is -7.15. The number of para-hydroxylation sites is 3. The van der Waals surface area contributed by atoms with Crippen molar-refractivity contribution in [2.45, 2.75) is 0 Å². The number of furan rings is 1. The van der Waals surface area contributed by atoms with Gasteiger partial charge in [0, 0.05) is 52.8 Å². The largest absolute Gasteiger partial charge is 0.455 e. The van der Waals surface area contributed by atoms with Gasteiger partial charge in [0.2, 0.25) is 0 Å². The molecule has 0 N–H and O–H groups in total. The molecule has 0 amide bonds. The van der Waals surface area contributed by atoms with Crippen molar-refractivity contribution in [2.75, 3.05) is 0 Å². The van der Waals surface area contributed by atoms with E-state index < -0.39 is 0 Å². The SMILES string of the molecule is c1ccc(-c2nc(-c3cccc4c3oc3ccccc34)nc(-c3ccc(-n4c5ccccc5c5cc6ccccc6cc54)c4c3sc3ccccc34)n2)cc1. The van der Waals surface area contributed by atoms with Gasteiger partial charge >= 0.3 is 0 Å². The molecule has 0 fully saturated rings. The first kappa shape index (κ1) is 30.3. The molecule has 0 unspecified atom stereocenters. The zero-order valence-corrected chi connectivity index (χ0v) is 30.1. The minimum Gasteiger partial charge on any atom is -0.455 e. The monoisotopic (exact) mass is 720 g/mol. The Morgan fingerprint density at radius 3 is 2.00 bits per heavy atom. The van der Waals surface area contributed by atoms with Gasteiger partial charge in [-0.2, -0.15) is 0 Å². The number of fused-ring (bicyclic) bond motifs is 10. The van der Waals surface area contributed by atoms with Crippen molar-refractivity contribution in [3.8, 4) is 39.9 Å². The average molecular weight is 721 g/mol. The summed E-state index contributed by atoms with van der Waals surface area (Å²) < 4.78 is 11.3. The molecule has 0 aliphatic heterocycles. The van der Waals surface area contributed by atoms with E-state index >= 15 is 0 Å². The summed E-state index contributed by atoms with van der Waals surface area (Å²) >= 11 is 1.78. The maximum absolute atomic E-state index is 6.49. The molecule has 0 bridgehead atoms. The first-order valence-corrected chi connectivity index (χ1v) is 19.2. The fraction of sp³-hybridized carbons (Fsp3) is 0. The van der Waals surface area contributed by atoms with E-state index in [2.05, 4.69) is 132 Å². The van der Waals surface area contributed by atoms with Gasteiger partial charge in [0.25, 0.3) is 0 Å². The average Bonchev–Trinajstić information content (AvgIpc) is 3.93. The van der Waals surface area contributed by atoms with Crippen LogP contribution in [0.25, 0.3) is 115 Å². The fourth-order valence-electron chi connectivity index (χ4n) is 8.34. The summed E-state index contributed by atoms with van der Waals surface area (Å²) in [6.07, 6.45) is 0. The third kappa shape index (κ3) is 4.55. The molecule has 0 radical (unpaired) electrons. The molecule has 12 rings (SSSR count). The maximum Gasteiger partial charge on any atom is 0.167 e. The van der Waals surface area contributed by atoms with E-state index in [1.165, 1.54) is 48.1 Å². The highest BCUT2D eigenvalue weighted by Gasteiger charge is 2.23. The Bertz CT molecular complexity index is 3500. The van der Waals surface area contributed by atoms with Crippen LogP contribution < -0.4 is 0 Å². The Balaban J connectivity index is 1.16. The quantitative estimate of drug-likeness (QED) is 0.182.